The van der Waals surface area contributed by atoms with Gasteiger partial charge in [0.2, 0.25) is 15.9 Å². The topological polar surface area (TPSA) is 84.9 Å². The van der Waals surface area contributed by atoms with Crippen LogP contribution in [0.15, 0.2) is 47.4 Å². The second-order valence-corrected chi connectivity index (χ2v) is 9.41. The molecule has 7 nitrogen and oxygen atoms in total. The smallest absolute Gasteiger partial charge is 0.243 e. The van der Waals surface area contributed by atoms with E-state index in [4.69, 9.17) is 9.47 Å². The summed E-state index contributed by atoms with van der Waals surface area (Å²) >= 11 is 0. The summed E-state index contributed by atoms with van der Waals surface area (Å²) in [6.45, 7) is 2.36. The molecular weight excluding hydrogens is 423 g/mol. The number of sulfonamides is 1. The molecule has 0 unspecified atom stereocenters. The summed E-state index contributed by atoms with van der Waals surface area (Å²) in [5, 5.41) is 3.00. The molecule has 0 aromatic heterocycles. The average molecular weight is 451 g/mol. The zero-order valence-electron chi connectivity index (χ0n) is 17.8. The van der Waals surface area contributed by atoms with Gasteiger partial charge < -0.3 is 14.8 Å². The van der Waals surface area contributed by atoms with E-state index in [2.05, 4.69) is 5.32 Å². The molecule has 1 aliphatic rings. The van der Waals surface area contributed by atoms with Gasteiger partial charge >= 0.3 is 0 Å². The fourth-order valence-electron chi connectivity index (χ4n) is 3.65. The summed E-state index contributed by atoms with van der Waals surface area (Å²) in [6.07, 6.45) is 0.843. The van der Waals surface area contributed by atoms with Gasteiger partial charge in [-0.15, -0.1) is 0 Å². The van der Waals surface area contributed by atoms with Crippen molar-refractivity contribution in [3.63, 3.8) is 0 Å². The Hall–Kier alpha value is -2.65. The normalized spacial score (nSPS) is 16.5. The molecule has 0 aliphatic carbocycles. The lowest BCUT2D eigenvalue weighted by molar-refractivity contribution is -0.126. The molecule has 3 rings (SSSR count). The molecular formula is C22H27FN2O5S. The van der Waals surface area contributed by atoms with Crippen LogP contribution in [-0.4, -0.2) is 45.9 Å². The van der Waals surface area contributed by atoms with E-state index < -0.39 is 15.8 Å². The number of amides is 1. The number of benzene rings is 2. The van der Waals surface area contributed by atoms with E-state index in [1.54, 1.807) is 20.3 Å². The average Bonchev–Trinajstić information content (AvgIpc) is 2.78. The largest absolute Gasteiger partial charge is 0.493 e. The summed E-state index contributed by atoms with van der Waals surface area (Å²) in [4.78, 5) is 12.8. The van der Waals surface area contributed by atoms with Crippen molar-refractivity contribution in [3.8, 4) is 11.5 Å². The van der Waals surface area contributed by atoms with Crippen molar-refractivity contribution in [2.24, 2.45) is 5.92 Å². The number of nitrogens with zero attached hydrogens (tertiary/aromatic N) is 1. The molecule has 1 heterocycles. The van der Waals surface area contributed by atoms with Gasteiger partial charge in [0, 0.05) is 19.0 Å². The number of halogens is 1. The maximum atomic E-state index is 13.1. The maximum Gasteiger partial charge on any atom is 0.243 e. The van der Waals surface area contributed by atoms with Gasteiger partial charge in [-0.2, -0.15) is 4.31 Å². The third-order valence-electron chi connectivity index (χ3n) is 5.54. The molecule has 0 radical (unpaired) electrons. The zero-order valence-corrected chi connectivity index (χ0v) is 18.6. The highest BCUT2D eigenvalue weighted by molar-refractivity contribution is 7.89. The van der Waals surface area contributed by atoms with Gasteiger partial charge in [0.15, 0.2) is 11.5 Å². The van der Waals surface area contributed by atoms with Crippen LogP contribution in [0.25, 0.3) is 0 Å². The molecule has 1 amide bonds. The molecule has 1 atom stereocenters. The molecule has 1 saturated heterocycles. The van der Waals surface area contributed by atoms with Crippen LogP contribution >= 0.6 is 0 Å². The van der Waals surface area contributed by atoms with Crippen LogP contribution < -0.4 is 14.8 Å². The van der Waals surface area contributed by atoms with Gasteiger partial charge in [-0.1, -0.05) is 6.07 Å². The lowest BCUT2D eigenvalue weighted by atomic mass is 9.96. The molecule has 1 fully saturated rings. The van der Waals surface area contributed by atoms with Gasteiger partial charge in [-0.3, -0.25) is 4.79 Å². The molecule has 31 heavy (non-hydrogen) atoms. The van der Waals surface area contributed by atoms with E-state index in [1.807, 2.05) is 19.1 Å². The minimum Gasteiger partial charge on any atom is -0.493 e. The third-order valence-corrected chi connectivity index (χ3v) is 7.46. The van der Waals surface area contributed by atoms with Gasteiger partial charge in [0.25, 0.3) is 0 Å². The summed E-state index contributed by atoms with van der Waals surface area (Å²) in [5.74, 6) is 0.321. The second kappa shape index (κ2) is 9.65. The number of rotatable bonds is 7. The quantitative estimate of drug-likeness (QED) is 0.701. The molecule has 1 N–H and O–H groups in total. The number of methoxy groups -OCH3 is 2. The van der Waals surface area contributed by atoms with Crippen molar-refractivity contribution in [3.05, 3.63) is 53.8 Å². The van der Waals surface area contributed by atoms with Crippen LogP contribution in [0, 0.1) is 11.7 Å². The van der Waals surface area contributed by atoms with Gasteiger partial charge in [0.05, 0.1) is 25.2 Å². The van der Waals surface area contributed by atoms with Crippen LogP contribution in [0.5, 0.6) is 11.5 Å². The molecule has 9 heteroatoms. The van der Waals surface area contributed by atoms with Crippen LogP contribution in [0.1, 0.15) is 31.4 Å². The first kappa shape index (κ1) is 23.0. The van der Waals surface area contributed by atoms with Gasteiger partial charge in [0.1, 0.15) is 5.82 Å². The van der Waals surface area contributed by atoms with E-state index in [0.717, 1.165) is 17.7 Å². The molecule has 0 saturated carbocycles. The number of piperidine rings is 1. The SMILES string of the molecule is COc1ccc([C@H](C)NC(=O)C2CCN(S(=O)(=O)c3ccc(F)cc3)CC2)cc1OC. The Morgan fingerprint density at radius 3 is 2.26 bits per heavy atom. The Kier molecular flexibility index (Phi) is 7.17. The fourth-order valence-corrected chi connectivity index (χ4v) is 5.12. The lowest BCUT2D eigenvalue weighted by Gasteiger charge is -2.31. The molecule has 0 bridgehead atoms. The van der Waals surface area contributed by atoms with Crippen molar-refractivity contribution in [1.82, 2.24) is 9.62 Å². The zero-order chi connectivity index (χ0) is 22.6. The third kappa shape index (κ3) is 5.16. The Morgan fingerprint density at radius 2 is 1.68 bits per heavy atom. The molecule has 0 spiro atoms. The van der Waals surface area contributed by atoms with E-state index in [0.29, 0.717) is 24.3 Å². The highest BCUT2D eigenvalue weighted by Gasteiger charge is 2.32. The maximum absolute atomic E-state index is 13.1. The molecule has 168 valence electrons. The van der Waals surface area contributed by atoms with Crippen LogP contribution in [0.2, 0.25) is 0 Å². The monoisotopic (exact) mass is 450 g/mol. The minimum absolute atomic E-state index is 0.0545. The van der Waals surface area contributed by atoms with Crippen molar-refractivity contribution >= 4 is 15.9 Å². The van der Waals surface area contributed by atoms with E-state index >= 15 is 0 Å². The molecule has 1 aliphatic heterocycles. The number of ether oxygens (including phenoxy) is 2. The number of carbonyl (C=O) groups is 1. The number of hydrogen-bond donors (Lipinski definition) is 1. The predicted octanol–water partition coefficient (Wildman–Crippen LogP) is 3.12. The van der Waals surface area contributed by atoms with E-state index in [-0.39, 0.29) is 35.9 Å². The van der Waals surface area contributed by atoms with Gasteiger partial charge in [-0.05, 0) is 61.7 Å². The molecule has 2 aromatic carbocycles. The summed E-state index contributed by atoms with van der Waals surface area (Å²) in [7, 11) is -0.584. The van der Waals surface area contributed by atoms with Crippen LogP contribution in [-0.2, 0) is 14.8 Å². The van der Waals surface area contributed by atoms with Crippen LogP contribution in [0.4, 0.5) is 4.39 Å². The first-order chi connectivity index (χ1) is 14.8. The van der Waals surface area contributed by atoms with E-state index in [1.165, 1.54) is 16.4 Å². The van der Waals surface area contributed by atoms with Gasteiger partial charge in [-0.25, -0.2) is 12.8 Å². The lowest BCUT2D eigenvalue weighted by Crippen LogP contribution is -2.43. The first-order valence-electron chi connectivity index (χ1n) is 10.0. The number of carbonyl (C=O) groups excluding carboxylic acids is 1. The Bertz CT molecular complexity index is 1020. The minimum atomic E-state index is -3.70. The summed E-state index contributed by atoms with van der Waals surface area (Å²) in [6, 6.07) is 10.0. The second-order valence-electron chi connectivity index (χ2n) is 7.48. The molecule has 2 aromatic rings. The van der Waals surface area contributed by atoms with Crippen molar-refractivity contribution in [2.75, 3.05) is 27.3 Å². The Balaban J connectivity index is 1.59. The van der Waals surface area contributed by atoms with Crippen molar-refractivity contribution < 1.29 is 27.1 Å². The van der Waals surface area contributed by atoms with Crippen LogP contribution in [0.3, 0.4) is 0 Å². The first-order valence-corrected chi connectivity index (χ1v) is 11.5. The number of hydrogen-bond acceptors (Lipinski definition) is 5. The number of nitrogens with one attached hydrogen (secondary N) is 1. The van der Waals surface area contributed by atoms with Crippen molar-refractivity contribution in [2.45, 2.75) is 30.7 Å². The predicted molar refractivity (Wildman–Crippen MR) is 114 cm³/mol. The summed E-state index contributed by atoms with van der Waals surface area (Å²) < 4.78 is 50.5. The standard InChI is InChI=1S/C22H27FN2O5S/c1-15(17-4-9-20(29-2)21(14-17)30-3)24-22(26)16-10-12-25(13-11-16)31(27,28)19-7-5-18(23)6-8-19/h4-9,14-16H,10-13H2,1-3H3,(H,24,26)/t15-/m0/s1. The van der Waals surface area contributed by atoms with Crippen molar-refractivity contribution in [1.29, 1.82) is 0 Å². The highest BCUT2D eigenvalue weighted by Crippen LogP contribution is 2.30. The van der Waals surface area contributed by atoms with E-state index in [9.17, 15) is 17.6 Å². The highest BCUT2D eigenvalue weighted by atomic mass is 32.2. The Morgan fingerprint density at radius 1 is 1.06 bits per heavy atom. The summed E-state index contributed by atoms with van der Waals surface area (Å²) in [5.41, 5.74) is 0.877. The fraction of sp³-hybridized carbons (Fsp3) is 0.409. The Labute approximate surface area is 182 Å².